The average Bonchev–Trinajstić information content (AvgIpc) is 3.15. The number of hydrogen-bond donors (Lipinski definition) is 1. The van der Waals surface area contributed by atoms with Crippen LogP contribution in [0.5, 0.6) is 0 Å². The van der Waals surface area contributed by atoms with E-state index in [1.165, 1.54) is 0 Å². The van der Waals surface area contributed by atoms with Crippen molar-refractivity contribution < 1.29 is 4.79 Å². The summed E-state index contributed by atoms with van der Waals surface area (Å²) in [6.07, 6.45) is 2.01. The van der Waals surface area contributed by atoms with E-state index in [0.717, 1.165) is 28.5 Å². The molecule has 0 aliphatic heterocycles. The Morgan fingerprint density at radius 3 is 2.78 bits per heavy atom. The highest BCUT2D eigenvalue weighted by Gasteiger charge is 2.18. The van der Waals surface area contributed by atoms with E-state index in [9.17, 15) is 4.79 Å². The normalized spacial score (nSPS) is 12.7. The van der Waals surface area contributed by atoms with Crippen molar-refractivity contribution in [1.82, 2.24) is 23.5 Å². The Bertz CT molecular complexity index is 823. The molecule has 2 aromatic heterocycles. The number of nitrogens with one attached hydrogen (secondary N) is 1. The van der Waals surface area contributed by atoms with Crippen LogP contribution >= 0.6 is 11.7 Å². The van der Waals surface area contributed by atoms with Crippen molar-refractivity contribution >= 4 is 28.7 Å². The van der Waals surface area contributed by atoms with Gasteiger partial charge in [-0.1, -0.05) is 0 Å². The van der Waals surface area contributed by atoms with E-state index in [1.807, 2.05) is 39.5 Å². The Labute approximate surface area is 139 Å². The smallest absolute Gasteiger partial charge is 0.251 e. The fourth-order valence-corrected chi connectivity index (χ4v) is 3.10. The minimum atomic E-state index is -0.0963. The second-order valence-corrected chi connectivity index (χ2v) is 6.23. The molecule has 1 amide bonds. The van der Waals surface area contributed by atoms with Crippen molar-refractivity contribution in [2.75, 3.05) is 20.6 Å². The van der Waals surface area contributed by atoms with Gasteiger partial charge in [0, 0.05) is 31.0 Å². The third-order valence-corrected chi connectivity index (χ3v) is 4.48. The molecular weight excluding hydrogens is 310 g/mol. The zero-order valence-electron chi connectivity index (χ0n) is 13.4. The molecule has 0 saturated carbocycles. The fraction of sp³-hybridized carbons (Fsp3) is 0.312. The summed E-state index contributed by atoms with van der Waals surface area (Å²) >= 11 is 1.15. The molecule has 0 spiro atoms. The molecule has 0 fully saturated rings. The Morgan fingerprint density at radius 1 is 1.30 bits per heavy atom. The van der Waals surface area contributed by atoms with Crippen LogP contribution in [0.3, 0.4) is 0 Å². The first kappa shape index (κ1) is 15.6. The zero-order valence-corrected chi connectivity index (χ0v) is 14.2. The van der Waals surface area contributed by atoms with Crippen LogP contribution in [0.25, 0.3) is 11.0 Å². The molecule has 23 heavy (non-hydrogen) atoms. The van der Waals surface area contributed by atoms with E-state index in [-0.39, 0.29) is 11.9 Å². The summed E-state index contributed by atoms with van der Waals surface area (Å²) < 4.78 is 10.4. The molecule has 0 radical (unpaired) electrons. The number of carbonyl (C=O) groups is 1. The quantitative estimate of drug-likeness (QED) is 0.778. The summed E-state index contributed by atoms with van der Waals surface area (Å²) in [6.45, 7) is 0.539. The van der Waals surface area contributed by atoms with Crippen LogP contribution in [0.4, 0.5) is 0 Å². The molecular formula is C16H19N5OS. The number of amides is 1. The molecule has 3 rings (SSSR count). The van der Waals surface area contributed by atoms with Crippen LogP contribution in [0, 0.1) is 0 Å². The van der Waals surface area contributed by atoms with Crippen LogP contribution in [0.2, 0.25) is 0 Å². The number of aryl methyl sites for hydroxylation is 1. The lowest BCUT2D eigenvalue weighted by Gasteiger charge is -2.25. The lowest BCUT2D eigenvalue weighted by Crippen LogP contribution is -2.35. The molecule has 1 aromatic carbocycles. The van der Waals surface area contributed by atoms with Gasteiger partial charge in [0.1, 0.15) is 11.0 Å². The summed E-state index contributed by atoms with van der Waals surface area (Å²) in [5.41, 5.74) is 3.35. The zero-order chi connectivity index (χ0) is 16.4. The van der Waals surface area contributed by atoms with Crippen LogP contribution in [-0.4, -0.2) is 44.8 Å². The predicted octanol–water partition coefficient (Wildman–Crippen LogP) is 2.06. The van der Waals surface area contributed by atoms with Crippen LogP contribution in [0.1, 0.15) is 22.1 Å². The summed E-state index contributed by atoms with van der Waals surface area (Å²) in [6, 6.07) is 9.59. The molecule has 1 atom stereocenters. The predicted molar refractivity (Wildman–Crippen MR) is 91.6 cm³/mol. The third-order valence-electron chi connectivity index (χ3n) is 3.92. The number of likely N-dealkylation sites (N-methyl/N-ethyl adjacent to an activating group) is 1. The fourth-order valence-electron chi connectivity index (χ4n) is 2.59. The number of fused-ring (bicyclic) bond motifs is 1. The first-order valence-corrected chi connectivity index (χ1v) is 8.07. The number of benzene rings is 1. The number of rotatable bonds is 5. The molecule has 1 N–H and O–H groups in total. The Kier molecular flexibility index (Phi) is 4.40. The molecule has 6 nitrogen and oxygen atoms in total. The summed E-state index contributed by atoms with van der Waals surface area (Å²) in [7, 11) is 6.03. The van der Waals surface area contributed by atoms with Gasteiger partial charge in [0.05, 0.1) is 17.8 Å². The third kappa shape index (κ3) is 3.25. The van der Waals surface area contributed by atoms with Gasteiger partial charge in [0.15, 0.2) is 0 Å². The molecule has 7 heteroatoms. The van der Waals surface area contributed by atoms with Crippen LogP contribution in [-0.2, 0) is 7.05 Å². The molecule has 0 aliphatic rings. The summed E-state index contributed by atoms with van der Waals surface area (Å²) in [5.74, 6) is -0.0963. The van der Waals surface area contributed by atoms with Gasteiger partial charge in [-0.15, -0.1) is 0 Å². The molecule has 3 aromatic rings. The largest absolute Gasteiger partial charge is 0.353 e. The maximum Gasteiger partial charge on any atom is 0.251 e. The number of aromatic nitrogens is 3. The highest BCUT2D eigenvalue weighted by atomic mass is 32.1. The lowest BCUT2D eigenvalue weighted by atomic mass is 10.1. The molecule has 0 saturated heterocycles. The minimum Gasteiger partial charge on any atom is -0.353 e. The van der Waals surface area contributed by atoms with E-state index in [1.54, 1.807) is 12.1 Å². The first-order valence-electron chi connectivity index (χ1n) is 7.34. The van der Waals surface area contributed by atoms with Crippen molar-refractivity contribution in [2.24, 2.45) is 7.05 Å². The van der Waals surface area contributed by atoms with Gasteiger partial charge in [-0.3, -0.25) is 9.69 Å². The first-order chi connectivity index (χ1) is 11.1. The van der Waals surface area contributed by atoms with Gasteiger partial charge in [-0.05, 0) is 44.4 Å². The van der Waals surface area contributed by atoms with E-state index in [2.05, 4.69) is 29.6 Å². The topological polar surface area (TPSA) is 63.1 Å². The van der Waals surface area contributed by atoms with Crippen molar-refractivity contribution in [1.29, 1.82) is 0 Å². The number of carbonyl (C=O) groups excluding carboxylic acids is 1. The van der Waals surface area contributed by atoms with E-state index < -0.39 is 0 Å². The maximum atomic E-state index is 12.4. The Balaban J connectivity index is 1.72. The van der Waals surface area contributed by atoms with Gasteiger partial charge in [-0.25, -0.2) is 0 Å². The molecule has 120 valence electrons. The maximum absolute atomic E-state index is 12.4. The van der Waals surface area contributed by atoms with Gasteiger partial charge in [0.25, 0.3) is 5.91 Å². The molecule has 0 bridgehead atoms. The van der Waals surface area contributed by atoms with Gasteiger partial charge in [0.2, 0.25) is 0 Å². The monoisotopic (exact) mass is 329 g/mol. The SMILES string of the molecule is CN(C)C(CNC(=O)c1ccc2nsnc2c1)c1cccn1C. The Hall–Kier alpha value is -2.25. The number of nitrogens with zero attached hydrogens (tertiary/aromatic N) is 4. The van der Waals surface area contributed by atoms with Crippen LogP contribution < -0.4 is 5.32 Å². The van der Waals surface area contributed by atoms with Crippen molar-refractivity contribution in [2.45, 2.75) is 6.04 Å². The second-order valence-electron chi connectivity index (χ2n) is 5.70. The van der Waals surface area contributed by atoms with E-state index in [4.69, 9.17) is 0 Å². The minimum absolute atomic E-state index is 0.0963. The molecule has 2 heterocycles. The van der Waals surface area contributed by atoms with Crippen molar-refractivity contribution in [3.63, 3.8) is 0 Å². The van der Waals surface area contributed by atoms with Gasteiger partial charge in [-0.2, -0.15) is 8.75 Å². The number of hydrogen-bond acceptors (Lipinski definition) is 5. The van der Waals surface area contributed by atoms with Gasteiger partial charge >= 0.3 is 0 Å². The van der Waals surface area contributed by atoms with E-state index >= 15 is 0 Å². The Morgan fingerprint density at radius 2 is 2.09 bits per heavy atom. The molecule has 0 aliphatic carbocycles. The highest BCUT2D eigenvalue weighted by Crippen LogP contribution is 2.18. The van der Waals surface area contributed by atoms with Gasteiger partial charge < -0.3 is 9.88 Å². The molecule has 1 unspecified atom stereocenters. The summed E-state index contributed by atoms with van der Waals surface area (Å²) in [5, 5.41) is 3.01. The second kappa shape index (κ2) is 6.47. The summed E-state index contributed by atoms with van der Waals surface area (Å²) in [4.78, 5) is 14.5. The van der Waals surface area contributed by atoms with Crippen molar-refractivity contribution in [3.8, 4) is 0 Å². The average molecular weight is 329 g/mol. The van der Waals surface area contributed by atoms with Crippen molar-refractivity contribution in [3.05, 3.63) is 47.8 Å². The lowest BCUT2D eigenvalue weighted by molar-refractivity contribution is 0.0941. The van der Waals surface area contributed by atoms with Crippen LogP contribution in [0.15, 0.2) is 36.5 Å². The van der Waals surface area contributed by atoms with E-state index in [0.29, 0.717) is 12.1 Å². The highest BCUT2D eigenvalue weighted by molar-refractivity contribution is 7.00. The standard InChI is InChI=1S/C16H19N5OS/c1-20(2)15(14-5-4-8-21(14)3)10-17-16(22)11-6-7-12-13(9-11)19-23-18-12/h4-9,15H,10H2,1-3H3,(H,17,22).